The van der Waals surface area contributed by atoms with E-state index < -0.39 is 0 Å². The molecule has 1 aromatic heterocycles. The van der Waals surface area contributed by atoms with Gasteiger partial charge in [0, 0.05) is 6.04 Å². The number of anilines is 1. The number of nitrogens with two attached hydrogens (primary N) is 1. The first-order valence-electron chi connectivity index (χ1n) is 6.60. The Kier molecular flexibility index (Phi) is 3.59. The third-order valence-electron chi connectivity index (χ3n) is 3.96. The molecule has 3 atom stereocenters. The summed E-state index contributed by atoms with van der Waals surface area (Å²) in [5.41, 5.74) is 7.32. The first-order chi connectivity index (χ1) is 8.49. The third kappa shape index (κ3) is 2.49. The summed E-state index contributed by atoms with van der Waals surface area (Å²) in [5.74, 6) is 1.10. The van der Waals surface area contributed by atoms with E-state index in [-0.39, 0.29) is 11.9 Å². The number of rotatable bonds is 2. The van der Waals surface area contributed by atoms with Gasteiger partial charge in [0.15, 0.2) is 5.69 Å². The van der Waals surface area contributed by atoms with Crippen LogP contribution in [0.1, 0.15) is 49.3 Å². The van der Waals surface area contributed by atoms with Gasteiger partial charge in [0.25, 0.3) is 5.91 Å². The summed E-state index contributed by atoms with van der Waals surface area (Å²) >= 11 is 0. The molecule has 1 fully saturated rings. The minimum atomic E-state index is -0.164. The summed E-state index contributed by atoms with van der Waals surface area (Å²) in [6.45, 7) is 6.27. The molecule has 18 heavy (non-hydrogen) atoms. The molecule has 2 rings (SSSR count). The third-order valence-corrected chi connectivity index (χ3v) is 3.96. The Bertz CT molecular complexity index is 440. The Labute approximate surface area is 108 Å². The zero-order chi connectivity index (χ0) is 13.3. The summed E-state index contributed by atoms with van der Waals surface area (Å²) in [5, 5.41) is 9.75. The van der Waals surface area contributed by atoms with Gasteiger partial charge in [0.2, 0.25) is 0 Å². The fraction of sp³-hybridized carbons (Fsp3) is 0.692. The second kappa shape index (κ2) is 5.00. The molecular formula is C13H22N4O. The predicted molar refractivity (Wildman–Crippen MR) is 71.2 cm³/mol. The lowest BCUT2D eigenvalue weighted by Crippen LogP contribution is -2.42. The van der Waals surface area contributed by atoms with E-state index in [1.165, 1.54) is 12.8 Å². The molecule has 1 aromatic rings. The second-order valence-corrected chi connectivity index (χ2v) is 5.59. The first kappa shape index (κ1) is 12.9. The highest BCUT2D eigenvalue weighted by molar-refractivity contribution is 5.97. The van der Waals surface area contributed by atoms with Crippen LogP contribution < -0.4 is 11.1 Å². The summed E-state index contributed by atoms with van der Waals surface area (Å²) in [4.78, 5) is 12.1. The SMILES string of the molecule is Cc1[nH]nc(C(=O)NC2CCC(C)CC2C)c1N. The Morgan fingerprint density at radius 1 is 1.44 bits per heavy atom. The van der Waals surface area contributed by atoms with E-state index in [2.05, 4.69) is 29.4 Å². The zero-order valence-corrected chi connectivity index (χ0v) is 11.3. The number of aromatic nitrogens is 2. The largest absolute Gasteiger partial charge is 0.395 e. The van der Waals surface area contributed by atoms with Crippen molar-refractivity contribution < 1.29 is 4.79 Å². The number of nitrogens with one attached hydrogen (secondary N) is 2. The number of carbonyl (C=O) groups excluding carboxylic acids is 1. The minimum absolute atomic E-state index is 0.164. The molecule has 0 bridgehead atoms. The van der Waals surface area contributed by atoms with E-state index in [0.29, 0.717) is 17.3 Å². The Morgan fingerprint density at radius 3 is 2.72 bits per heavy atom. The molecule has 1 saturated carbocycles. The van der Waals surface area contributed by atoms with Crippen molar-refractivity contribution in [1.82, 2.24) is 15.5 Å². The number of carbonyl (C=O) groups is 1. The summed E-state index contributed by atoms with van der Waals surface area (Å²) in [6.07, 6.45) is 3.38. The summed E-state index contributed by atoms with van der Waals surface area (Å²) < 4.78 is 0. The molecule has 1 aliphatic carbocycles. The number of H-pyrrole nitrogens is 1. The van der Waals surface area contributed by atoms with Crippen molar-refractivity contribution >= 4 is 11.6 Å². The quantitative estimate of drug-likeness (QED) is 0.749. The van der Waals surface area contributed by atoms with E-state index in [4.69, 9.17) is 5.73 Å². The zero-order valence-electron chi connectivity index (χ0n) is 11.3. The fourth-order valence-electron chi connectivity index (χ4n) is 2.73. The number of nitrogens with zero attached hydrogens (tertiary/aromatic N) is 1. The number of amides is 1. The molecule has 0 aromatic carbocycles. The first-order valence-corrected chi connectivity index (χ1v) is 6.60. The van der Waals surface area contributed by atoms with E-state index in [9.17, 15) is 4.79 Å². The number of aryl methyl sites for hydroxylation is 1. The molecule has 5 heteroatoms. The fourth-order valence-corrected chi connectivity index (χ4v) is 2.73. The van der Waals surface area contributed by atoms with Gasteiger partial charge in [0.05, 0.1) is 11.4 Å². The van der Waals surface area contributed by atoms with Crippen LogP contribution in [0.25, 0.3) is 0 Å². The molecule has 1 aliphatic rings. The van der Waals surface area contributed by atoms with Crippen LogP contribution >= 0.6 is 0 Å². The molecular weight excluding hydrogens is 228 g/mol. The Balaban J connectivity index is 2.01. The smallest absolute Gasteiger partial charge is 0.274 e. The lowest BCUT2D eigenvalue weighted by atomic mass is 9.80. The molecule has 5 nitrogen and oxygen atoms in total. The van der Waals surface area contributed by atoms with Gasteiger partial charge in [-0.2, -0.15) is 5.10 Å². The van der Waals surface area contributed by atoms with E-state index in [0.717, 1.165) is 18.0 Å². The predicted octanol–water partition coefficient (Wildman–Crippen LogP) is 1.85. The molecule has 100 valence electrons. The number of aromatic amines is 1. The highest BCUT2D eigenvalue weighted by Crippen LogP contribution is 2.28. The van der Waals surface area contributed by atoms with Crippen LogP contribution in [0.3, 0.4) is 0 Å². The van der Waals surface area contributed by atoms with Gasteiger partial charge < -0.3 is 11.1 Å². The van der Waals surface area contributed by atoms with Gasteiger partial charge in [-0.3, -0.25) is 9.89 Å². The normalized spacial score (nSPS) is 28.1. The van der Waals surface area contributed by atoms with Crippen molar-refractivity contribution in [2.24, 2.45) is 11.8 Å². The average Bonchev–Trinajstić information content (AvgIpc) is 2.64. The van der Waals surface area contributed by atoms with Crippen LogP contribution in [-0.2, 0) is 0 Å². The summed E-state index contributed by atoms with van der Waals surface area (Å²) in [6, 6.07) is 0.241. The molecule has 3 unspecified atom stereocenters. The maximum Gasteiger partial charge on any atom is 0.274 e. The van der Waals surface area contributed by atoms with Gasteiger partial charge in [0.1, 0.15) is 0 Å². The lowest BCUT2D eigenvalue weighted by Gasteiger charge is -2.32. The number of hydrogen-bond donors (Lipinski definition) is 3. The van der Waals surface area contributed by atoms with Gasteiger partial charge in [-0.15, -0.1) is 0 Å². The number of hydrogen-bond acceptors (Lipinski definition) is 3. The van der Waals surface area contributed by atoms with Crippen LogP contribution in [0.2, 0.25) is 0 Å². The Morgan fingerprint density at radius 2 is 2.17 bits per heavy atom. The monoisotopic (exact) mass is 250 g/mol. The van der Waals surface area contributed by atoms with Crippen molar-refractivity contribution in [1.29, 1.82) is 0 Å². The molecule has 1 heterocycles. The van der Waals surface area contributed by atoms with E-state index >= 15 is 0 Å². The van der Waals surface area contributed by atoms with Crippen molar-refractivity contribution in [2.75, 3.05) is 5.73 Å². The highest BCUT2D eigenvalue weighted by Gasteiger charge is 2.28. The van der Waals surface area contributed by atoms with Crippen LogP contribution in [-0.4, -0.2) is 22.1 Å². The van der Waals surface area contributed by atoms with Crippen LogP contribution in [0.4, 0.5) is 5.69 Å². The van der Waals surface area contributed by atoms with Crippen molar-refractivity contribution in [3.8, 4) is 0 Å². The van der Waals surface area contributed by atoms with Crippen LogP contribution in [0.15, 0.2) is 0 Å². The topological polar surface area (TPSA) is 83.8 Å². The molecule has 1 amide bonds. The minimum Gasteiger partial charge on any atom is -0.395 e. The maximum absolute atomic E-state index is 12.1. The highest BCUT2D eigenvalue weighted by atomic mass is 16.2. The molecule has 0 saturated heterocycles. The lowest BCUT2D eigenvalue weighted by molar-refractivity contribution is 0.0895. The van der Waals surface area contributed by atoms with Crippen molar-refractivity contribution in [3.63, 3.8) is 0 Å². The van der Waals surface area contributed by atoms with Crippen LogP contribution in [0.5, 0.6) is 0 Å². The van der Waals surface area contributed by atoms with Crippen molar-refractivity contribution in [3.05, 3.63) is 11.4 Å². The molecule has 0 spiro atoms. The summed E-state index contributed by atoms with van der Waals surface area (Å²) in [7, 11) is 0. The van der Waals surface area contributed by atoms with Crippen molar-refractivity contribution in [2.45, 2.75) is 46.1 Å². The van der Waals surface area contributed by atoms with Gasteiger partial charge in [-0.05, 0) is 38.0 Å². The Hall–Kier alpha value is -1.52. The molecule has 0 radical (unpaired) electrons. The van der Waals surface area contributed by atoms with Crippen LogP contribution in [0, 0.1) is 18.8 Å². The second-order valence-electron chi connectivity index (χ2n) is 5.59. The molecule has 4 N–H and O–H groups in total. The van der Waals surface area contributed by atoms with Gasteiger partial charge in [-0.25, -0.2) is 0 Å². The average molecular weight is 250 g/mol. The molecule has 0 aliphatic heterocycles. The standard InChI is InChI=1S/C13H22N4O/c1-7-4-5-10(8(2)6-7)15-13(18)12-11(14)9(3)16-17-12/h7-8,10H,4-6,14H2,1-3H3,(H,15,18)(H,16,17). The maximum atomic E-state index is 12.1. The van der Waals surface area contributed by atoms with Gasteiger partial charge in [-0.1, -0.05) is 13.8 Å². The number of nitrogen functional groups attached to an aromatic ring is 1. The van der Waals surface area contributed by atoms with E-state index in [1.54, 1.807) is 0 Å². The van der Waals surface area contributed by atoms with Gasteiger partial charge >= 0.3 is 0 Å². The van der Waals surface area contributed by atoms with E-state index in [1.807, 2.05) is 6.92 Å².